The molecule has 7 heteroatoms. The number of carbonyl (C=O) groups is 2. The zero-order chi connectivity index (χ0) is 18.9. The highest BCUT2D eigenvalue weighted by Crippen LogP contribution is 2.42. The average Bonchev–Trinajstić information content (AvgIpc) is 2.92. The van der Waals surface area contributed by atoms with E-state index < -0.39 is 11.5 Å². The number of hydrogen-bond acceptors (Lipinski definition) is 6. The Morgan fingerprint density at radius 1 is 1.19 bits per heavy atom. The fraction of sp³-hybridized carbons (Fsp3) is 0.350. The second kappa shape index (κ2) is 7.19. The van der Waals surface area contributed by atoms with Gasteiger partial charge in [0.25, 0.3) is 5.91 Å². The van der Waals surface area contributed by atoms with E-state index in [0.29, 0.717) is 36.7 Å². The van der Waals surface area contributed by atoms with Crippen LogP contribution in [-0.4, -0.2) is 59.7 Å². The fourth-order valence-electron chi connectivity index (χ4n) is 3.62. The molecular formula is C20H21N3O4. The van der Waals surface area contributed by atoms with E-state index in [4.69, 9.17) is 4.74 Å². The van der Waals surface area contributed by atoms with Crippen molar-refractivity contribution in [3.8, 4) is 0 Å². The fourth-order valence-corrected chi connectivity index (χ4v) is 3.62. The third-order valence-electron chi connectivity index (χ3n) is 5.08. The van der Waals surface area contributed by atoms with E-state index in [-0.39, 0.29) is 12.2 Å². The van der Waals surface area contributed by atoms with Gasteiger partial charge in [-0.05, 0) is 18.2 Å². The van der Waals surface area contributed by atoms with Gasteiger partial charge in [-0.25, -0.2) is 0 Å². The number of hydrogen-bond donors (Lipinski definition) is 1. The number of morpholine rings is 1. The van der Waals surface area contributed by atoms with E-state index in [1.54, 1.807) is 41.4 Å². The number of rotatable bonds is 5. The van der Waals surface area contributed by atoms with Crippen molar-refractivity contribution in [1.82, 2.24) is 9.88 Å². The number of anilines is 1. The van der Waals surface area contributed by atoms with Crippen LogP contribution in [-0.2, 0) is 15.1 Å². The maximum absolute atomic E-state index is 13.2. The van der Waals surface area contributed by atoms with Crippen LogP contribution in [0.1, 0.15) is 22.3 Å². The molecule has 7 nitrogen and oxygen atoms in total. The van der Waals surface area contributed by atoms with Crippen LogP contribution in [0, 0.1) is 0 Å². The Balaban J connectivity index is 1.62. The van der Waals surface area contributed by atoms with E-state index in [2.05, 4.69) is 9.88 Å². The Hall–Kier alpha value is -2.61. The van der Waals surface area contributed by atoms with Crippen molar-refractivity contribution in [2.75, 3.05) is 37.9 Å². The molecule has 2 aliphatic heterocycles. The van der Waals surface area contributed by atoms with Crippen molar-refractivity contribution in [3.63, 3.8) is 0 Å². The molecule has 0 radical (unpaired) electrons. The number of ketones is 1. The van der Waals surface area contributed by atoms with Crippen molar-refractivity contribution >= 4 is 17.4 Å². The van der Waals surface area contributed by atoms with Gasteiger partial charge in [0, 0.05) is 36.6 Å². The lowest BCUT2D eigenvalue weighted by atomic mass is 9.88. The lowest BCUT2D eigenvalue weighted by molar-refractivity contribution is -0.136. The van der Waals surface area contributed by atoms with Gasteiger partial charge in [0.2, 0.25) is 0 Å². The summed E-state index contributed by atoms with van der Waals surface area (Å²) in [6.07, 6.45) is 2.71. The Bertz CT molecular complexity index is 851. The minimum atomic E-state index is -1.87. The monoisotopic (exact) mass is 367 g/mol. The van der Waals surface area contributed by atoms with Crippen molar-refractivity contribution in [2.45, 2.75) is 12.0 Å². The van der Waals surface area contributed by atoms with Crippen molar-refractivity contribution in [2.24, 2.45) is 0 Å². The summed E-state index contributed by atoms with van der Waals surface area (Å²) in [6.45, 7) is 3.04. The van der Waals surface area contributed by atoms with Gasteiger partial charge >= 0.3 is 0 Å². The van der Waals surface area contributed by atoms with Crippen molar-refractivity contribution in [1.29, 1.82) is 0 Å². The molecule has 3 heterocycles. The number of Topliss-reactive ketones (excluding diaryl/α,β-unsaturated/α-hetero) is 1. The molecular weight excluding hydrogens is 346 g/mol. The first-order valence-electron chi connectivity index (χ1n) is 8.97. The quantitative estimate of drug-likeness (QED) is 0.799. The van der Waals surface area contributed by atoms with Crippen LogP contribution in [0.2, 0.25) is 0 Å². The molecule has 27 heavy (non-hydrogen) atoms. The normalized spacial score (nSPS) is 22.7. The van der Waals surface area contributed by atoms with Gasteiger partial charge in [-0.3, -0.25) is 24.4 Å². The molecule has 1 unspecified atom stereocenters. The second-order valence-electron chi connectivity index (χ2n) is 6.82. The molecule has 1 aromatic heterocycles. The molecule has 1 N–H and O–H groups in total. The Morgan fingerprint density at radius 2 is 1.96 bits per heavy atom. The Morgan fingerprint density at radius 3 is 2.70 bits per heavy atom. The van der Waals surface area contributed by atoms with Crippen LogP contribution in [0.5, 0.6) is 0 Å². The summed E-state index contributed by atoms with van der Waals surface area (Å²) in [5.41, 5.74) is -0.366. The van der Waals surface area contributed by atoms with Gasteiger partial charge in [0.1, 0.15) is 0 Å². The number of fused-ring (bicyclic) bond motifs is 1. The van der Waals surface area contributed by atoms with E-state index >= 15 is 0 Å². The van der Waals surface area contributed by atoms with Crippen LogP contribution in [0.15, 0.2) is 48.8 Å². The summed E-state index contributed by atoms with van der Waals surface area (Å²) >= 11 is 0. The summed E-state index contributed by atoms with van der Waals surface area (Å²) in [5, 5.41) is 11.3. The van der Waals surface area contributed by atoms with Crippen LogP contribution in [0.4, 0.5) is 5.69 Å². The average molecular weight is 367 g/mol. The summed E-state index contributed by atoms with van der Waals surface area (Å²) < 4.78 is 5.36. The summed E-state index contributed by atoms with van der Waals surface area (Å²) in [7, 11) is 0. The maximum atomic E-state index is 13.2. The number of benzene rings is 1. The number of para-hydroxylation sites is 1. The SMILES string of the molecule is O=C(CC1(O)C(=O)N(CN2CCOCC2)c2ccccc21)c1cccnc1. The highest BCUT2D eigenvalue weighted by atomic mass is 16.5. The molecule has 1 atom stereocenters. The standard InChI is InChI=1S/C20H21N3O4/c24-18(15-4-3-7-21-13-15)12-20(26)16-5-1-2-6-17(16)23(19(20)25)14-22-8-10-27-11-9-22/h1-7,13,26H,8-12,14H2. The predicted molar refractivity (Wildman–Crippen MR) is 98.3 cm³/mol. The molecule has 2 aliphatic rings. The molecule has 0 saturated carbocycles. The Kier molecular flexibility index (Phi) is 4.73. The first-order valence-corrected chi connectivity index (χ1v) is 8.97. The lowest BCUT2D eigenvalue weighted by Gasteiger charge is -2.31. The van der Waals surface area contributed by atoms with Gasteiger partial charge in [0.05, 0.1) is 32.0 Å². The number of ether oxygens (including phenoxy) is 1. The van der Waals surface area contributed by atoms with Crippen LogP contribution in [0.3, 0.4) is 0 Å². The summed E-state index contributed by atoms with van der Waals surface area (Å²) in [6, 6.07) is 10.4. The number of pyridine rings is 1. The molecule has 0 spiro atoms. The van der Waals surface area contributed by atoms with Crippen molar-refractivity contribution < 1.29 is 19.4 Å². The predicted octanol–water partition coefficient (Wildman–Crippen LogP) is 1.18. The van der Waals surface area contributed by atoms with Crippen LogP contribution < -0.4 is 4.90 Å². The number of nitrogens with zero attached hydrogens (tertiary/aromatic N) is 3. The van der Waals surface area contributed by atoms with Crippen molar-refractivity contribution in [3.05, 3.63) is 59.9 Å². The molecule has 1 fully saturated rings. The van der Waals surface area contributed by atoms with Crippen LogP contribution in [0.25, 0.3) is 0 Å². The number of amides is 1. The van der Waals surface area contributed by atoms with Gasteiger partial charge in [-0.1, -0.05) is 18.2 Å². The van der Waals surface area contributed by atoms with Gasteiger partial charge < -0.3 is 9.84 Å². The molecule has 0 bridgehead atoms. The zero-order valence-electron chi connectivity index (χ0n) is 14.9. The maximum Gasteiger partial charge on any atom is 0.265 e. The molecule has 4 rings (SSSR count). The highest BCUT2D eigenvalue weighted by molar-refractivity contribution is 6.10. The molecule has 1 aromatic carbocycles. The largest absolute Gasteiger partial charge is 0.379 e. The van der Waals surface area contributed by atoms with E-state index in [1.165, 1.54) is 6.20 Å². The third-order valence-corrected chi connectivity index (χ3v) is 5.08. The van der Waals surface area contributed by atoms with E-state index in [9.17, 15) is 14.7 Å². The summed E-state index contributed by atoms with van der Waals surface area (Å²) in [4.78, 5) is 33.4. The molecule has 2 aromatic rings. The number of aromatic nitrogens is 1. The topological polar surface area (TPSA) is 83.0 Å². The Labute approximate surface area is 157 Å². The molecule has 1 amide bonds. The minimum Gasteiger partial charge on any atom is -0.379 e. The minimum absolute atomic E-state index is 0.311. The van der Waals surface area contributed by atoms with E-state index in [1.807, 2.05) is 6.07 Å². The molecule has 1 saturated heterocycles. The number of carbonyl (C=O) groups excluding carboxylic acids is 2. The molecule has 0 aliphatic carbocycles. The van der Waals surface area contributed by atoms with Gasteiger partial charge in [-0.2, -0.15) is 0 Å². The zero-order valence-corrected chi connectivity index (χ0v) is 14.9. The first kappa shape index (κ1) is 17.8. The van der Waals surface area contributed by atoms with Crippen LogP contribution >= 0.6 is 0 Å². The third kappa shape index (κ3) is 3.25. The highest BCUT2D eigenvalue weighted by Gasteiger charge is 2.51. The lowest BCUT2D eigenvalue weighted by Crippen LogP contribution is -2.49. The molecule has 140 valence electrons. The van der Waals surface area contributed by atoms with Gasteiger partial charge in [0.15, 0.2) is 11.4 Å². The first-order chi connectivity index (χ1) is 13.1. The number of aliphatic hydroxyl groups is 1. The van der Waals surface area contributed by atoms with E-state index in [0.717, 1.165) is 13.1 Å². The smallest absolute Gasteiger partial charge is 0.265 e. The second-order valence-corrected chi connectivity index (χ2v) is 6.82. The van der Waals surface area contributed by atoms with Gasteiger partial charge in [-0.15, -0.1) is 0 Å². The summed E-state index contributed by atoms with van der Waals surface area (Å²) in [5.74, 6) is -0.783.